The van der Waals surface area contributed by atoms with E-state index in [1.165, 1.54) is 15.7 Å². The number of anilines is 1. The predicted molar refractivity (Wildman–Crippen MR) is 77.1 cm³/mol. The number of carbonyl (C=O) groups excluding carboxylic acids is 2. The van der Waals surface area contributed by atoms with Crippen LogP contribution in [0.5, 0.6) is 0 Å². The van der Waals surface area contributed by atoms with E-state index in [-0.39, 0.29) is 25.4 Å². The van der Waals surface area contributed by atoms with Crippen LogP contribution in [0, 0.1) is 0 Å². The van der Waals surface area contributed by atoms with Crippen LogP contribution in [-0.2, 0) is 4.79 Å². The van der Waals surface area contributed by atoms with Gasteiger partial charge in [-0.1, -0.05) is 0 Å². The Labute approximate surface area is 134 Å². The van der Waals surface area contributed by atoms with Gasteiger partial charge >= 0.3 is 6.03 Å². The van der Waals surface area contributed by atoms with Crippen molar-refractivity contribution in [3.05, 3.63) is 18.1 Å². The highest BCUT2D eigenvalue weighted by Crippen LogP contribution is 2.27. The van der Waals surface area contributed by atoms with Crippen LogP contribution in [0.2, 0.25) is 0 Å². The van der Waals surface area contributed by atoms with Gasteiger partial charge in [0.2, 0.25) is 5.91 Å². The number of rotatable bonds is 2. The van der Waals surface area contributed by atoms with Crippen molar-refractivity contribution in [2.45, 2.75) is 18.3 Å². The van der Waals surface area contributed by atoms with Crippen LogP contribution in [0.3, 0.4) is 0 Å². The van der Waals surface area contributed by atoms with Crippen LogP contribution in [0.15, 0.2) is 12.4 Å². The van der Waals surface area contributed by atoms with Gasteiger partial charge < -0.3 is 10.2 Å². The second-order valence-electron chi connectivity index (χ2n) is 5.70. The van der Waals surface area contributed by atoms with Gasteiger partial charge in [0.25, 0.3) is 5.78 Å². The zero-order chi connectivity index (χ0) is 16.8. The van der Waals surface area contributed by atoms with Gasteiger partial charge in [0.1, 0.15) is 12.1 Å². The number of nitrogens with one attached hydrogen (secondary N) is 2. The number of amides is 3. The highest BCUT2D eigenvalue weighted by Gasteiger charge is 2.36. The summed E-state index contributed by atoms with van der Waals surface area (Å²) < 4.78 is 28.5. The predicted octanol–water partition coefficient (Wildman–Crippen LogP) is -0.456. The summed E-state index contributed by atoms with van der Waals surface area (Å²) in [5, 5.41) is 8.70. The van der Waals surface area contributed by atoms with Crippen LogP contribution >= 0.6 is 0 Å². The molecule has 126 valence electrons. The molecule has 2 fully saturated rings. The van der Waals surface area contributed by atoms with Crippen molar-refractivity contribution in [2.75, 3.05) is 24.5 Å². The van der Waals surface area contributed by atoms with Crippen molar-refractivity contribution >= 4 is 23.5 Å². The summed E-state index contributed by atoms with van der Waals surface area (Å²) in [6, 6.07) is 0.980. The van der Waals surface area contributed by atoms with Gasteiger partial charge in [-0.15, -0.1) is 0 Å². The molecular formula is C13H13F2N7O2. The first-order chi connectivity index (χ1) is 11.5. The van der Waals surface area contributed by atoms with Crippen molar-refractivity contribution in [3.8, 4) is 0 Å². The van der Waals surface area contributed by atoms with E-state index in [2.05, 4.69) is 25.7 Å². The number of nitrogens with zero attached hydrogens (tertiary/aromatic N) is 5. The molecule has 2 aliphatic rings. The Balaban J connectivity index is 1.75. The first-order valence-corrected chi connectivity index (χ1v) is 7.35. The van der Waals surface area contributed by atoms with Gasteiger partial charge in [-0.2, -0.15) is 14.6 Å². The number of alkyl halides is 2. The van der Waals surface area contributed by atoms with E-state index in [9.17, 15) is 18.4 Å². The lowest BCUT2D eigenvalue weighted by atomic mass is 10.0. The van der Waals surface area contributed by atoms with Crippen LogP contribution in [0.4, 0.5) is 19.4 Å². The molecule has 9 nitrogen and oxygen atoms in total. The summed E-state index contributed by atoms with van der Waals surface area (Å²) in [4.78, 5) is 33.0. The van der Waals surface area contributed by atoms with Crippen molar-refractivity contribution in [2.24, 2.45) is 0 Å². The van der Waals surface area contributed by atoms with Crippen LogP contribution in [0.1, 0.15) is 11.6 Å². The van der Waals surface area contributed by atoms with E-state index in [4.69, 9.17) is 0 Å². The Morgan fingerprint density at radius 1 is 1.21 bits per heavy atom. The van der Waals surface area contributed by atoms with Gasteiger partial charge in [0.05, 0.1) is 24.7 Å². The van der Waals surface area contributed by atoms with Crippen LogP contribution in [-0.4, -0.2) is 63.5 Å². The third-order valence-electron chi connectivity index (χ3n) is 4.14. The fraction of sp³-hybridized carbons (Fsp3) is 0.462. The molecule has 0 aliphatic carbocycles. The van der Waals surface area contributed by atoms with Crippen molar-refractivity contribution in [1.29, 1.82) is 0 Å². The van der Waals surface area contributed by atoms with E-state index in [0.29, 0.717) is 11.5 Å². The van der Waals surface area contributed by atoms with E-state index >= 15 is 0 Å². The zero-order valence-corrected chi connectivity index (χ0v) is 12.3. The molecule has 2 aromatic rings. The minimum Gasteiger partial charge on any atom is -0.350 e. The van der Waals surface area contributed by atoms with Crippen molar-refractivity contribution < 1.29 is 18.4 Å². The summed E-state index contributed by atoms with van der Waals surface area (Å²) in [5.41, 5.74) is 0.348. The molecule has 2 saturated heterocycles. The molecule has 4 rings (SSSR count). The normalized spacial score (nSPS) is 27.4. The van der Waals surface area contributed by atoms with Gasteiger partial charge in [0.15, 0.2) is 12.3 Å². The van der Waals surface area contributed by atoms with Gasteiger partial charge in [0, 0.05) is 12.6 Å². The highest BCUT2D eigenvalue weighted by atomic mass is 19.2. The Hall–Kier alpha value is -2.85. The Morgan fingerprint density at radius 3 is 2.67 bits per heavy atom. The van der Waals surface area contributed by atoms with E-state index < -0.39 is 30.2 Å². The summed E-state index contributed by atoms with van der Waals surface area (Å²) in [6.07, 6.45) is -1.90. The maximum Gasteiger partial charge on any atom is 0.321 e. The summed E-state index contributed by atoms with van der Waals surface area (Å²) >= 11 is 0. The van der Waals surface area contributed by atoms with E-state index in [1.54, 1.807) is 6.07 Å². The SMILES string of the molecule is O=C1NCC(c2cc(N3C[C@@H](F)[C@@H](F)C3)n3ncnc3n2)C(=O)N1. The van der Waals surface area contributed by atoms with Crippen LogP contribution in [0.25, 0.3) is 5.78 Å². The van der Waals surface area contributed by atoms with Crippen LogP contribution < -0.4 is 15.5 Å². The summed E-state index contributed by atoms with van der Waals surface area (Å²) in [6.45, 7) is -0.154. The Bertz CT molecular complexity index is 816. The molecule has 0 saturated carbocycles. The molecule has 2 aliphatic heterocycles. The fourth-order valence-electron chi connectivity index (χ4n) is 2.90. The largest absolute Gasteiger partial charge is 0.350 e. The number of carbonyl (C=O) groups is 2. The number of hydrogen-bond acceptors (Lipinski definition) is 6. The number of halogens is 2. The molecule has 0 bridgehead atoms. The first-order valence-electron chi connectivity index (χ1n) is 7.35. The lowest BCUT2D eigenvalue weighted by Gasteiger charge is -2.24. The molecule has 0 aromatic carbocycles. The molecule has 0 radical (unpaired) electrons. The molecular weight excluding hydrogens is 324 g/mol. The zero-order valence-electron chi connectivity index (χ0n) is 12.3. The molecule has 2 N–H and O–H groups in total. The molecule has 2 aromatic heterocycles. The molecule has 4 heterocycles. The van der Waals surface area contributed by atoms with Gasteiger partial charge in [-0.3, -0.25) is 10.1 Å². The van der Waals surface area contributed by atoms with Gasteiger partial charge in [-0.05, 0) is 0 Å². The minimum atomic E-state index is -1.59. The smallest absolute Gasteiger partial charge is 0.321 e. The summed E-state index contributed by atoms with van der Waals surface area (Å²) in [5.74, 6) is -0.591. The Kier molecular flexibility index (Phi) is 3.28. The lowest BCUT2D eigenvalue weighted by molar-refractivity contribution is -0.122. The molecule has 11 heteroatoms. The molecule has 24 heavy (non-hydrogen) atoms. The number of hydrogen-bond donors (Lipinski definition) is 2. The average Bonchev–Trinajstić information content (AvgIpc) is 3.13. The third-order valence-corrected chi connectivity index (χ3v) is 4.14. The maximum atomic E-state index is 13.5. The third kappa shape index (κ3) is 2.32. The minimum absolute atomic E-state index is 0.0822. The maximum absolute atomic E-state index is 13.5. The topological polar surface area (TPSA) is 105 Å². The molecule has 0 spiro atoms. The number of urea groups is 1. The number of fused-ring (bicyclic) bond motifs is 1. The standard InChI is InChI=1S/C13H13F2N7O2/c14-7-3-21(4-8(7)15)10-1-9(19-12-17-5-18-22(10)12)6-2-16-13(24)20-11(6)23/h1,5-8H,2-4H2,(H2,16,20,23,24)/t6?,7-,8+. The van der Waals surface area contributed by atoms with Gasteiger partial charge in [-0.25, -0.2) is 18.6 Å². The highest BCUT2D eigenvalue weighted by molar-refractivity contribution is 6.00. The average molecular weight is 337 g/mol. The second kappa shape index (κ2) is 5.35. The quantitative estimate of drug-likeness (QED) is 0.769. The fourth-order valence-corrected chi connectivity index (χ4v) is 2.90. The summed E-state index contributed by atoms with van der Waals surface area (Å²) in [7, 11) is 0. The number of imide groups is 1. The lowest BCUT2D eigenvalue weighted by Crippen LogP contribution is -2.51. The second-order valence-corrected chi connectivity index (χ2v) is 5.70. The molecule has 3 atom stereocenters. The number of aromatic nitrogens is 4. The molecule has 3 amide bonds. The van der Waals surface area contributed by atoms with Crippen molar-refractivity contribution in [3.63, 3.8) is 0 Å². The first kappa shape index (κ1) is 14.7. The van der Waals surface area contributed by atoms with E-state index in [1.807, 2.05) is 0 Å². The Morgan fingerprint density at radius 2 is 1.96 bits per heavy atom. The van der Waals surface area contributed by atoms with E-state index in [0.717, 1.165) is 0 Å². The van der Waals surface area contributed by atoms with Crippen molar-refractivity contribution in [1.82, 2.24) is 30.2 Å². The monoisotopic (exact) mass is 337 g/mol. The molecule has 1 unspecified atom stereocenters.